The van der Waals surface area contributed by atoms with Gasteiger partial charge in [-0.05, 0) is 17.5 Å². The van der Waals surface area contributed by atoms with Gasteiger partial charge >= 0.3 is 5.69 Å². The summed E-state index contributed by atoms with van der Waals surface area (Å²) in [6.45, 7) is 3.89. The molecule has 8 nitrogen and oxygen atoms in total. The number of aryl methyl sites for hydroxylation is 1. The van der Waals surface area contributed by atoms with Crippen LogP contribution in [0, 0.1) is 5.92 Å². The van der Waals surface area contributed by atoms with Crippen molar-refractivity contribution in [3.05, 3.63) is 69.0 Å². The highest BCUT2D eigenvalue weighted by Gasteiger charge is 2.31. The van der Waals surface area contributed by atoms with Gasteiger partial charge in [0.1, 0.15) is 10.5 Å². The van der Waals surface area contributed by atoms with Crippen LogP contribution < -0.4 is 11.2 Å². The molecule has 0 spiro atoms. The minimum Gasteiger partial charge on any atom is -0.281 e. The second kappa shape index (κ2) is 7.33. The Kier molecular flexibility index (Phi) is 5.22. The Morgan fingerprint density at radius 2 is 1.79 bits per heavy atom. The molecule has 0 aliphatic rings. The summed E-state index contributed by atoms with van der Waals surface area (Å²) in [5.74, 6) is 0.0137. The number of nitrogens with one attached hydrogen (secondary N) is 1. The van der Waals surface area contributed by atoms with Gasteiger partial charge in [0.25, 0.3) is 5.56 Å². The average Bonchev–Trinajstić information content (AvgIpc) is 2.66. The molecule has 0 aliphatic carbocycles. The third kappa shape index (κ3) is 3.38. The van der Waals surface area contributed by atoms with Crippen molar-refractivity contribution in [1.82, 2.24) is 18.8 Å². The molecule has 2 heterocycles. The summed E-state index contributed by atoms with van der Waals surface area (Å²) in [6.07, 6.45) is 1.18. The quantitative estimate of drug-likeness (QED) is 0.698. The van der Waals surface area contributed by atoms with Crippen LogP contribution in [0.15, 0.2) is 57.1 Å². The number of rotatable bonds is 5. The first-order valence-electron chi connectivity index (χ1n) is 8.76. The Morgan fingerprint density at radius 3 is 2.39 bits per heavy atom. The number of H-pyrrole nitrogens is 1. The van der Waals surface area contributed by atoms with E-state index in [0.717, 1.165) is 10.1 Å². The molecule has 3 rings (SSSR count). The number of hydrogen-bond donors (Lipinski definition) is 1. The minimum atomic E-state index is -3.93. The van der Waals surface area contributed by atoms with E-state index >= 15 is 0 Å². The van der Waals surface area contributed by atoms with Crippen molar-refractivity contribution in [3.63, 3.8) is 0 Å². The van der Waals surface area contributed by atoms with Crippen LogP contribution in [-0.2, 0) is 17.1 Å². The van der Waals surface area contributed by atoms with Gasteiger partial charge in [-0.2, -0.15) is 4.31 Å². The molecule has 148 valence electrons. The number of pyridine rings is 1. The topological polar surface area (TPSA) is 105 Å². The maximum atomic E-state index is 13.3. The Hall–Kier alpha value is -2.78. The third-order valence-electron chi connectivity index (χ3n) is 4.77. The van der Waals surface area contributed by atoms with E-state index < -0.39 is 21.3 Å². The number of aromatic nitrogens is 3. The molecule has 9 heteroatoms. The Labute approximate surface area is 162 Å². The normalized spacial score (nSPS) is 13.4. The summed E-state index contributed by atoms with van der Waals surface area (Å²) in [6, 6.07) is 10.2. The van der Waals surface area contributed by atoms with Gasteiger partial charge < -0.3 is 0 Å². The van der Waals surface area contributed by atoms with Gasteiger partial charge in [-0.3, -0.25) is 14.3 Å². The number of hydrogen-bond acceptors (Lipinski definition) is 5. The van der Waals surface area contributed by atoms with Gasteiger partial charge in [0.05, 0.1) is 11.4 Å². The fourth-order valence-electron chi connectivity index (χ4n) is 3.34. The van der Waals surface area contributed by atoms with Crippen molar-refractivity contribution in [2.75, 3.05) is 7.05 Å². The van der Waals surface area contributed by atoms with E-state index in [2.05, 4.69) is 9.97 Å². The van der Waals surface area contributed by atoms with Crippen LogP contribution in [0.4, 0.5) is 0 Å². The first-order valence-corrected chi connectivity index (χ1v) is 10.2. The van der Waals surface area contributed by atoms with Crippen LogP contribution in [0.3, 0.4) is 0 Å². The minimum absolute atomic E-state index is 0.0137. The largest absolute Gasteiger partial charge is 0.329 e. The molecule has 2 aromatic heterocycles. The highest BCUT2D eigenvalue weighted by atomic mass is 32.2. The first kappa shape index (κ1) is 20.0. The standard InChI is InChI=1S/C19H22N4O4S/c1-12(2)16(13-8-6-5-7-9-13)23(4)28(26,27)14-10-15-17(20-11-14)22(3)19(25)21-18(15)24/h5-12,16H,1-4H3,(H,21,24,25). The summed E-state index contributed by atoms with van der Waals surface area (Å²) in [4.78, 5) is 30.0. The lowest BCUT2D eigenvalue weighted by atomic mass is 9.96. The molecule has 0 aliphatic heterocycles. The fourth-order valence-corrected chi connectivity index (χ4v) is 4.79. The molecule has 0 saturated carbocycles. The van der Waals surface area contributed by atoms with E-state index in [4.69, 9.17) is 0 Å². The van der Waals surface area contributed by atoms with E-state index in [1.165, 1.54) is 30.7 Å². The summed E-state index contributed by atoms with van der Waals surface area (Å²) in [5.41, 5.74) is -0.285. The summed E-state index contributed by atoms with van der Waals surface area (Å²) >= 11 is 0. The average molecular weight is 402 g/mol. The monoisotopic (exact) mass is 402 g/mol. The van der Waals surface area contributed by atoms with Gasteiger partial charge in [0.2, 0.25) is 10.0 Å². The van der Waals surface area contributed by atoms with Gasteiger partial charge in [-0.25, -0.2) is 18.2 Å². The van der Waals surface area contributed by atoms with Crippen molar-refractivity contribution in [1.29, 1.82) is 0 Å². The van der Waals surface area contributed by atoms with Crippen LogP contribution in [0.2, 0.25) is 0 Å². The smallest absolute Gasteiger partial charge is 0.281 e. The van der Waals surface area contributed by atoms with Crippen molar-refractivity contribution >= 4 is 21.1 Å². The molecule has 1 unspecified atom stereocenters. The zero-order valence-electron chi connectivity index (χ0n) is 16.1. The van der Waals surface area contributed by atoms with Crippen LogP contribution in [0.1, 0.15) is 25.5 Å². The van der Waals surface area contributed by atoms with Crippen LogP contribution in [-0.4, -0.2) is 34.3 Å². The van der Waals surface area contributed by atoms with E-state index in [0.29, 0.717) is 0 Å². The van der Waals surface area contributed by atoms with Gasteiger partial charge in [0.15, 0.2) is 0 Å². The highest BCUT2D eigenvalue weighted by Crippen LogP contribution is 2.32. The molecule has 1 aromatic carbocycles. The van der Waals surface area contributed by atoms with E-state index in [-0.39, 0.29) is 27.9 Å². The molecule has 28 heavy (non-hydrogen) atoms. The maximum Gasteiger partial charge on any atom is 0.329 e. The summed E-state index contributed by atoms with van der Waals surface area (Å²) in [5, 5.41) is 0.0392. The van der Waals surface area contributed by atoms with Crippen LogP contribution >= 0.6 is 0 Å². The molecule has 0 amide bonds. The second-order valence-electron chi connectivity index (χ2n) is 6.98. The van der Waals surface area contributed by atoms with E-state index in [1.807, 2.05) is 44.2 Å². The molecular formula is C19H22N4O4S. The second-order valence-corrected chi connectivity index (χ2v) is 8.98. The predicted octanol–water partition coefficient (Wildman–Crippen LogP) is 1.64. The fraction of sp³-hybridized carbons (Fsp3) is 0.316. The molecule has 0 radical (unpaired) electrons. The zero-order chi connectivity index (χ0) is 20.6. The van der Waals surface area contributed by atoms with Gasteiger partial charge in [-0.1, -0.05) is 44.2 Å². The maximum absolute atomic E-state index is 13.3. The number of benzene rings is 1. The van der Waals surface area contributed by atoms with Crippen molar-refractivity contribution in [2.45, 2.75) is 24.8 Å². The molecule has 1 atom stereocenters. The molecule has 3 aromatic rings. The van der Waals surface area contributed by atoms with Crippen molar-refractivity contribution in [2.24, 2.45) is 13.0 Å². The first-order chi connectivity index (χ1) is 13.1. The lowest BCUT2D eigenvalue weighted by molar-refractivity contribution is 0.300. The molecule has 0 fully saturated rings. The summed E-state index contributed by atoms with van der Waals surface area (Å²) in [7, 11) is -0.959. The number of fused-ring (bicyclic) bond motifs is 1. The SMILES string of the molecule is CC(C)C(c1ccccc1)N(C)S(=O)(=O)c1cnc2c(c1)c(=O)[nH]c(=O)n2C. The predicted molar refractivity (Wildman–Crippen MR) is 107 cm³/mol. The van der Waals surface area contributed by atoms with Gasteiger partial charge in [0, 0.05) is 20.3 Å². The molecule has 0 saturated heterocycles. The third-order valence-corrected chi connectivity index (χ3v) is 6.57. The number of sulfonamides is 1. The van der Waals surface area contributed by atoms with E-state index in [9.17, 15) is 18.0 Å². The lowest BCUT2D eigenvalue weighted by Gasteiger charge is -2.31. The van der Waals surface area contributed by atoms with Crippen LogP contribution in [0.25, 0.3) is 11.0 Å². The Morgan fingerprint density at radius 1 is 1.14 bits per heavy atom. The van der Waals surface area contributed by atoms with Crippen molar-refractivity contribution in [3.8, 4) is 0 Å². The Bertz CT molecular complexity index is 1230. The lowest BCUT2D eigenvalue weighted by Crippen LogP contribution is -2.34. The number of aromatic amines is 1. The molecule has 0 bridgehead atoms. The van der Waals surface area contributed by atoms with Crippen LogP contribution in [0.5, 0.6) is 0 Å². The highest BCUT2D eigenvalue weighted by molar-refractivity contribution is 7.89. The van der Waals surface area contributed by atoms with E-state index in [1.54, 1.807) is 0 Å². The van der Waals surface area contributed by atoms with Crippen molar-refractivity contribution < 1.29 is 8.42 Å². The number of nitrogens with zero attached hydrogens (tertiary/aromatic N) is 3. The zero-order valence-corrected chi connectivity index (χ0v) is 16.9. The molecular weight excluding hydrogens is 380 g/mol. The Balaban J connectivity index is 2.14. The summed E-state index contributed by atoms with van der Waals surface area (Å²) < 4.78 is 29.0. The van der Waals surface area contributed by atoms with Gasteiger partial charge in [-0.15, -0.1) is 0 Å². The molecule has 1 N–H and O–H groups in total.